The van der Waals surface area contributed by atoms with Gasteiger partial charge in [-0.2, -0.15) is 0 Å². The van der Waals surface area contributed by atoms with E-state index in [4.69, 9.17) is 21.1 Å². The van der Waals surface area contributed by atoms with Gasteiger partial charge in [0, 0.05) is 29.9 Å². The van der Waals surface area contributed by atoms with Crippen LogP contribution in [0.5, 0.6) is 11.5 Å². The second-order valence-electron chi connectivity index (χ2n) is 10.5. The summed E-state index contributed by atoms with van der Waals surface area (Å²) in [5.74, 6) is 1.10. The van der Waals surface area contributed by atoms with Crippen molar-refractivity contribution in [2.45, 2.75) is 58.2 Å². The molecule has 1 atom stereocenters. The molecule has 0 bridgehead atoms. The molecule has 0 saturated heterocycles. The normalized spacial score (nSPS) is 13.5. The number of fused-ring (bicyclic) bond motifs is 1. The fourth-order valence-corrected chi connectivity index (χ4v) is 4.65. The highest BCUT2D eigenvalue weighted by Crippen LogP contribution is 2.31. The Bertz CT molecular complexity index is 1260. The van der Waals surface area contributed by atoms with Gasteiger partial charge in [-0.1, -0.05) is 66.2 Å². The number of carbonyl (C=O) groups excluding carboxylic acids is 2. The third-order valence-corrected chi connectivity index (χ3v) is 6.67. The number of benzene rings is 3. The Morgan fingerprint density at radius 1 is 0.921 bits per heavy atom. The number of hydrogen-bond donors (Lipinski definition) is 1. The highest BCUT2D eigenvalue weighted by molar-refractivity contribution is 6.31. The van der Waals surface area contributed by atoms with Crippen LogP contribution in [0.2, 0.25) is 5.02 Å². The Kier molecular flexibility index (Phi) is 8.95. The molecule has 3 aromatic carbocycles. The molecule has 1 aliphatic rings. The van der Waals surface area contributed by atoms with Crippen LogP contribution in [0.15, 0.2) is 72.8 Å². The lowest BCUT2D eigenvalue weighted by Gasteiger charge is -2.34. The van der Waals surface area contributed by atoms with E-state index in [-0.39, 0.29) is 24.8 Å². The number of nitrogens with zero attached hydrogens (tertiary/aromatic N) is 1. The summed E-state index contributed by atoms with van der Waals surface area (Å²) in [7, 11) is 0. The lowest BCUT2D eigenvalue weighted by Crippen LogP contribution is -2.54. The number of hydrogen-bond acceptors (Lipinski definition) is 4. The van der Waals surface area contributed by atoms with E-state index in [0.717, 1.165) is 16.7 Å². The van der Waals surface area contributed by atoms with Gasteiger partial charge in [0.1, 0.15) is 19.3 Å². The fraction of sp³-hybridized carbons (Fsp3) is 0.355. The molecule has 0 aliphatic carbocycles. The molecule has 3 aromatic rings. The maximum Gasteiger partial charge on any atom is 0.243 e. The van der Waals surface area contributed by atoms with E-state index < -0.39 is 11.6 Å². The third-order valence-electron chi connectivity index (χ3n) is 6.30. The molecular weight excluding hydrogens is 500 g/mol. The molecule has 0 spiro atoms. The van der Waals surface area contributed by atoms with Gasteiger partial charge < -0.3 is 19.7 Å². The highest BCUT2D eigenvalue weighted by atomic mass is 35.5. The predicted molar refractivity (Wildman–Crippen MR) is 150 cm³/mol. The van der Waals surface area contributed by atoms with Gasteiger partial charge in [-0.15, -0.1) is 0 Å². The molecule has 0 saturated carbocycles. The summed E-state index contributed by atoms with van der Waals surface area (Å²) in [6.07, 6.45) is 1.13. The van der Waals surface area contributed by atoms with Crippen LogP contribution in [0.4, 0.5) is 0 Å². The number of carbonyl (C=O) groups is 2. The monoisotopic (exact) mass is 534 g/mol. The van der Waals surface area contributed by atoms with Crippen LogP contribution in [0.3, 0.4) is 0 Å². The smallest absolute Gasteiger partial charge is 0.243 e. The van der Waals surface area contributed by atoms with E-state index in [0.29, 0.717) is 42.6 Å². The molecule has 0 unspecified atom stereocenters. The van der Waals surface area contributed by atoms with E-state index in [1.807, 2.05) is 87.5 Å². The van der Waals surface area contributed by atoms with Crippen molar-refractivity contribution in [3.05, 3.63) is 94.5 Å². The first kappa shape index (κ1) is 27.5. The maximum absolute atomic E-state index is 13.9. The molecule has 7 heteroatoms. The second-order valence-corrected chi connectivity index (χ2v) is 10.9. The molecule has 200 valence electrons. The van der Waals surface area contributed by atoms with Gasteiger partial charge in [-0.25, -0.2) is 0 Å². The van der Waals surface area contributed by atoms with E-state index in [9.17, 15) is 9.59 Å². The predicted octanol–water partition coefficient (Wildman–Crippen LogP) is 5.60. The Morgan fingerprint density at radius 3 is 2.32 bits per heavy atom. The summed E-state index contributed by atoms with van der Waals surface area (Å²) < 4.78 is 11.3. The number of rotatable bonds is 9. The van der Waals surface area contributed by atoms with Gasteiger partial charge in [0.05, 0.1) is 0 Å². The number of ether oxygens (including phenoxy) is 2. The average Bonchev–Trinajstić information content (AvgIpc) is 2.89. The maximum atomic E-state index is 13.9. The van der Waals surface area contributed by atoms with Gasteiger partial charge >= 0.3 is 0 Å². The zero-order chi connectivity index (χ0) is 27.1. The van der Waals surface area contributed by atoms with Gasteiger partial charge in [-0.05, 0) is 62.1 Å². The van der Waals surface area contributed by atoms with E-state index >= 15 is 0 Å². The largest absolute Gasteiger partial charge is 0.486 e. The summed E-state index contributed by atoms with van der Waals surface area (Å²) >= 11 is 6.50. The molecular formula is C31H35ClN2O4. The van der Waals surface area contributed by atoms with Crippen molar-refractivity contribution < 1.29 is 19.1 Å². The van der Waals surface area contributed by atoms with Crippen molar-refractivity contribution in [3.8, 4) is 11.5 Å². The Labute approximate surface area is 229 Å². The molecule has 0 radical (unpaired) electrons. The van der Waals surface area contributed by atoms with Crippen molar-refractivity contribution in [2.24, 2.45) is 0 Å². The van der Waals surface area contributed by atoms with E-state index in [1.54, 1.807) is 11.0 Å². The molecule has 0 fully saturated rings. The number of halogens is 1. The van der Waals surface area contributed by atoms with Crippen molar-refractivity contribution in [3.63, 3.8) is 0 Å². The minimum Gasteiger partial charge on any atom is -0.486 e. The third kappa shape index (κ3) is 7.51. The van der Waals surface area contributed by atoms with Crippen molar-refractivity contribution >= 4 is 23.4 Å². The van der Waals surface area contributed by atoms with Crippen LogP contribution >= 0.6 is 11.6 Å². The highest BCUT2D eigenvalue weighted by Gasteiger charge is 2.32. The molecule has 1 heterocycles. The van der Waals surface area contributed by atoms with Crippen LogP contribution in [-0.4, -0.2) is 41.5 Å². The standard InChI is InChI=1S/C31H35ClN2O4/c1-31(2,3)33-30(36)26(19-22-9-5-4-6-10-22)34(21-24-11-7-8-12-25(24)32)29(35)16-14-23-13-15-27-28(20-23)38-18-17-37-27/h4-13,15,20,26H,14,16-19,21H2,1-3H3,(H,33,36)/t26-/m0/s1. The number of amides is 2. The van der Waals surface area contributed by atoms with Gasteiger partial charge in [0.15, 0.2) is 11.5 Å². The molecule has 2 amide bonds. The van der Waals surface area contributed by atoms with Gasteiger partial charge in [0.25, 0.3) is 0 Å². The van der Waals surface area contributed by atoms with Crippen LogP contribution in [0.1, 0.15) is 43.9 Å². The average molecular weight is 535 g/mol. The lowest BCUT2D eigenvalue weighted by atomic mass is 9.99. The lowest BCUT2D eigenvalue weighted by molar-refractivity contribution is -0.141. The van der Waals surface area contributed by atoms with E-state index in [1.165, 1.54) is 0 Å². The first-order valence-electron chi connectivity index (χ1n) is 13.0. The van der Waals surface area contributed by atoms with Crippen molar-refractivity contribution in [2.75, 3.05) is 13.2 Å². The first-order chi connectivity index (χ1) is 18.2. The number of nitrogens with one attached hydrogen (secondary N) is 1. The SMILES string of the molecule is CC(C)(C)NC(=O)[C@H](Cc1ccccc1)N(Cc1ccccc1Cl)C(=O)CCc1ccc2c(c1)OCCO2. The summed E-state index contributed by atoms with van der Waals surface area (Å²) in [6, 6.07) is 22.3. The molecule has 4 rings (SSSR count). The Balaban J connectivity index is 1.62. The molecule has 38 heavy (non-hydrogen) atoms. The van der Waals surface area contributed by atoms with E-state index in [2.05, 4.69) is 5.32 Å². The van der Waals surface area contributed by atoms with Crippen LogP contribution in [0.25, 0.3) is 0 Å². The molecule has 1 aliphatic heterocycles. The first-order valence-corrected chi connectivity index (χ1v) is 13.3. The topological polar surface area (TPSA) is 67.9 Å². The Morgan fingerprint density at radius 2 is 1.61 bits per heavy atom. The van der Waals surface area contributed by atoms with Crippen molar-refractivity contribution in [1.29, 1.82) is 0 Å². The molecule has 1 N–H and O–H groups in total. The zero-order valence-corrected chi connectivity index (χ0v) is 23.0. The van der Waals surface area contributed by atoms with Crippen LogP contribution in [0, 0.1) is 0 Å². The second kappa shape index (κ2) is 12.4. The van der Waals surface area contributed by atoms with Crippen LogP contribution in [-0.2, 0) is 29.0 Å². The fourth-order valence-electron chi connectivity index (χ4n) is 4.46. The number of aryl methyl sites for hydroxylation is 1. The van der Waals surface area contributed by atoms with Crippen molar-refractivity contribution in [1.82, 2.24) is 10.2 Å². The van der Waals surface area contributed by atoms with Gasteiger partial charge in [0.2, 0.25) is 11.8 Å². The molecule has 6 nitrogen and oxygen atoms in total. The summed E-state index contributed by atoms with van der Waals surface area (Å²) in [5.41, 5.74) is 2.30. The minimum absolute atomic E-state index is 0.121. The zero-order valence-electron chi connectivity index (χ0n) is 22.2. The summed E-state index contributed by atoms with van der Waals surface area (Å²) in [5, 5.41) is 3.65. The molecule has 0 aromatic heterocycles. The quantitative estimate of drug-likeness (QED) is 0.388. The minimum atomic E-state index is -0.708. The summed E-state index contributed by atoms with van der Waals surface area (Å²) in [4.78, 5) is 29.2. The van der Waals surface area contributed by atoms with Gasteiger partial charge in [-0.3, -0.25) is 9.59 Å². The van der Waals surface area contributed by atoms with Crippen LogP contribution < -0.4 is 14.8 Å². The Hall–Kier alpha value is -3.51. The summed E-state index contributed by atoms with van der Waals surface area (Å²) in [6.45, 7) is 7.08.